The van der Waals surface area contributed by atoms with E-state index in [0.29, 0.717) is 6.42 Å². The fourth-order valence-corrected chi connectivity index (χ4v) is 1.36. The first-order valence-electron chi connectivity index (χ1n) is 4.74. The Morgan fingerprint density at radius 1 is 1.33 bits per heavy atom. The summed E-state index contributed by atoms with van der Waals surface area (Å²) in [6, 6.07) is 1.69. The Bertz CT molecular complexity index is 377. The quantitative estimate of drug-likeness (QED) is 0.567. The van der Waals surface area contributed by atoms with Gasteiger partial charge in [-0.25, -0.2) is 8.78 Å². The van der Waals surface area contributed by atoms with Gasteiger partial charge in [-0.1, -0.05) is 24.9 Å². The first kappa shape index (κ1) is 12.1. The molecule has 0 aromatic heterocycles. The predicted octanol–water partition coefficient (Wildman–Crippen LogP) is 3.99. The molecule has 0 saturated heterocycles. The molecule has 0 spiro atoms. The van der Waals surface area contributed by atoms with E-state index < -0.39 is 11.6 Å². The van der Waals surface area contributed by atoms with Crippen LogP contribution in [0.5, 0.6) is 0 Å². The zero-order valence-electron chi connectivity index (χ0n) is 8.32. The lowest BCUT2D eigenvalue weighted by molar-refractivity contribution is 0.0975. The summed E-state index contributed by atoms with van der Waals surface area (Å²) in [5, 5.41) is -0.306. The van der Waals surface area contributed by atoms with Crippen LogP contribution in [0.2, 0.25) is 5.02 Å². The molecule has 0 fully saturated rings. The average molecular weight is 233 g/mol. The lowest BCUT2D eigenvalue weighted by Gasteiger charge is -2.03. The standard InChI is InChI=1S/C11H11ClF2O/c1-2-3-4-11(15)7-5-10(14)8(12)6-9(7)13/h5-6H,2-4H2,1H3. The van der Waals surface area contributed by atoms with Crippen LogP contribution in [0.3, 0.4) is 0 Å². The number of benzene rings is 1. The summed E-state index contributed by atoms with van der Waals surface area (Å²) in [6.07, 6.45) is 1.74. The molecule has 0 unspecified atom stereocenters. The monoisotopic (exact) mass is 232 g/mol. The third kappa shape index (κ3) is 2.99. The second kappa shape index (κ2) is 5.21. The fourth-order valence-electron chi connectivity index (χ4n) is 1.21. The Kier molecular flexibility index (Phi) is 4.21. The molecule has 82 valence electrons. The van der Waals surface area contributed by atoms with Gasteiger partial charge in [-0.3, -0.25) is 4.79 Å². The highest BCUT2D eigenvalue weighted by molar-refractivity contribution is 6.30. The molecular formula is C11H11ClF2O. The number of halogens is 3. The van der Waals surface area contributed by atoms with E-state index in [0.717, 1.165) is 18.6 Å². The van der Waals surface area contributed by atoms with Crippen LogP contribution < -0.4 is 0 Å². The molecule has 0 N–H and O–H groups in total. The Balaban J connectivity index is 2.94. The van der Waals surface area contributed by atoms with Gasteiger partial charge in [0.25, 0.3) is 0 Å². The summed E-state index contributed by atoms with van der Waals surface area (Å²) < 4.78 is 26.2. The molecule has 0 atom stereocenters. The molecule has 1 nitrogen and oxygen atoms in total. The third-order valence-electron chi connectivity index (χ3n) is 2.07. The molecule has 0 aliphatic carbocycles. The molecule has 1 rings (SSSR count). The minimum atomic E-state index is -0.766. The molecule has 0 radical (unpaired) electrons. The lowest BCUT2D eigenvalue weighted by atomic mass is 10.1. The number of Topliss-reactive ketones (excluding diaryl/α,β-unsaturated/α-hetero) is 1. The van der Waals surface area contributed by atoms with E-state index >= 15 is 0 Å². The van der Waals surface area contributed by atoms with Crippen molar-refractivity contribution in [3.8, 4) is 0 Å². The molecule has 1 aromatic carbocycles. The number of hydrogen-bond acceptors (Lipinski definition) is 1. The number of ketones is 1. The zero-order valence-corrected chi connectivity index (χ0v) is 9.07. The van der Waals surface area contributed by atoms with E-state index in [9.17, 15) is 13.6 Å². The van der Waals surface area contributed by atoms with Crippen molar-refractivity contribution in [1.82, 2.24) is 0 Å². The van der Waals surface area contributed by atoms with Crippen LogP contribution in [0.15, 0.2) is 12.1 Å². The van der Waals surface area contributed by atoms with E-state index in [1.54, 1.807) is 0 Å². The fraction of sp³-hybridized carbons (Fsp3) is 0.364. The Morgan fingerprint density at radius 2 is 2.00 bits per heavy atom. The molecule has 0 aliphatic heterocycles. The summed E-state index contributed by atoms with van der Waals surface area (Å²) in [6.45, 7) is 1.92. The molecule has 4 heteroatoms. The van der Waals surface area contributed by atoms with Crippen molar-refractivity contribution in [2.75, 3.05) is 0 Å². The van der Waals surface area contributed by atoms with Crippen LogP contribution in [0, 0.1) is 11.6 Å². The topological polar surface area (TPSA) is 17.1 Å². The Hall–Kier alpha value is -0.960. The van der Waals surface area contributed by atoms with Crippen LogP contribution in [0.1, 0.15) is 36.5 Å². The SMILES string of the molecule is CCCCC(=O)c1cc(F)c(Cl)cc1F. The molecule has 0 amide bonds. The van der Waals surface area contributed by atoms with E-state index in [1.807, 2.05) is 6.92 Å². The van der Waals surface area contributed by atoms with Gasteiger partial charge in [0, 0.05) is 6.42 Å². The summed E-state index contributed by atoms with van der Waals surface area (Å²) in [4.78, 5) is 11.4. The molecule has 0 heterocycles. The number of carbonyl (C=O) groups is 1. The average Bonchev–Trinajstić information content (AvgIpc) is 2.20. The smallest absolute Gasteiger partial charge is 0.165 e. The van der Waals surface area contributed by atoms with Crippen LogP contribution >= 0.6 is 11.6 Å². The number of hydrogen-bond donors (Lipinski definition) is 0. The van der Waals surface area contributed by atoms with Crippen LogP contribution in [0.25, 0.3) is 0 Å². The molecule has 0 bridgehead atoms. The van der Waals surface area contributed by atoms with E-state index in [4.69, 9.17) is 11.6 Å². The first-order valence-corrected chi connectivity index (χ1v) is 5.11. The van der Waals surface area contributed by atoms with Crippen molar-refractivity contribution in [1.29, 1.82) is 0 Å². The van der Waals surface area contributed by atoms with Gasteiger partial charge in [-0.15, -0.1) is 0 Å². The second-order valence-electron chi connectivity index (χ2n) is 3.27. The number of rotatable bonds is 4. The molecular weight excluding hydrogens is 222 g/mol. The van der Waals surface area contributed by atoms with E-state index in [1.165, 1.54) is 0 Å². The largest absolute Gasteiger partial charge is 0.294 e. The van der Waals surface area contributed by atoms with E-state index in [-0.39, 0.29) is 22.8 Å². The highest BCUT2D eigenvalue weighted by atomic mass is 35.5. The maximum Gasteiger partial charge on any atom is 0.165 e. The number of unbranched alkanes of at least 4 members (excludes halogenated alkanes) is 1. The number of carbonyl (C=O) groups excluding carboxylic acids is 1. The second-order valence-corrected chi connectivity index (χ2v) is 3.68. The van der Waals surface area contributed by atoms with Crippen molar-refractivity contribution in [3.63, 3.8) is 0 Å². The summed E-state index contributed by atoms with van der Waals surface area (Å²) in [5.74, 6) is -1.91. The van der Waals surface area contributed by atoms with Gasteiger partial charge in [0.15, 0.2) is 5.78 Å². The summed E-state index contributed by atoms with van der Waals surface area (Å²) in [7, 11) is 0. The van der Waals surface area contributed by atoms with Gasteiger partial charge in [0.1, 0.15) is 11.6 Å². The van der Waals surface area contributed by atoms with Crippen molar-refractivity contribution in [3.05, 3.63) is 34.4 Å². The van der Waals surface area contributed by atoms with Gasteiger partial charge < -0.3 is 0 Å². The Labute approximate surface area is 92.1 Å². The predicted molar refractivity (Wildman–Crippen MR) is 55.2 cm³/mol. The van der Waals surface area contributed by atoms with Gasteiger partial charge in [-0.2, -0.15) is 0 Å². The third-order valence-corrected chi connectivity index (χ3v) is 2.36. The highest BCUT2D eigenvalue weighted by Crippen LogP contribution is 2.20. The van der Waals surface area contributed by atoms with Crippen molar-refractivity contribution in [2.45, 2.75) is 26.2 Å². The molecule has 0 aliphatic rings. The van der Waals surface area contributed by atoms with Crippen LogP contribution in [-0.4, -0.2) is 5.78 Å². The zero-order chi connectivity index (χ0) is 11.4. The minimum absolute atomic E-state index is 0.217. The maximum absolute atomic E-state index is 13.2. The lowest BCUT2D eigenvalue weighted by Crippen LogP contribution is -2.03. The van der Waals surface area contributed by atoms with Crippen LogP contribution in [-0.2, 0) is 0 Å². The van der Waals surface area contributed by atoms with Crippen molar-refractivity contribution in [2.24, 2.45) is 0 Å². The van der Waals surface area contributed by atoms with Gasteiger partial charge in [0.05, 0.1) is 10.6 Å². The maximum atomic E-state index is 13.2. The van der Waals surface area contributed by atoms with Crippen molar-refractivity contribution >= 4 is 17.4 Å². The normalized spacial score (nSPS) is 10.4. The molecule has 0 saturated carbocycles. The van der Waals surface area contributed by atoms with Gasteiger partial charge in [-0.05, 0) is 18.6 Å². The van der Waals surface area contributed by atoms with E-state index in [2.05, 4.69) is 0 Å². The van der Waals surface area contributed by atoms with Gasteiger partial charge in [0.2, 0.25) is 0 Å². The van der Waals surface area contributed by atoms with Crippen LogP contribution in [0.4, 0.5) is 8.78 Å². The highest BCUT2D eigenvalue weighted by Gasteiger charge is 2.14. The summed E-state index contributed by atoms with van der Waals surface area (Å²) >= 11 is 5.37. The minimum Gasteiger partial charge on any atom is -0.294 e. The molecule has 15 heavy (non-hydrogen) atoms. The van der Waals surface area contributed by atoms with Crippen molar-refractivity contribution < 1.29 is 13.6 Å². The molecule has 1 aromatic rings. The first-order chi connectivity index (χ1) is 7.06. The van der Waals surface area contributed by atoms with Gasteiger partial charge >= 0.3 is 0 Å². The summed E-state index contributed by atoms with van der Waals surface area (Å²) in [5.41, 5.74) is -0.217. The Morgan fingerprint density at radius 3 is 2.60 bits per heavy atom.